The second-order valence-corrected chi connectivity index (χ2v) is 9.46. The van der Waals surface area contributed by atoms with Crippen molar-refractivity contribution in [3.05, 3.63) is 117 Å². The largest absolute Gasteiger partial charge is 0.456 e. The van der Waals surface area contributed by atoms with Crippen molar-refractivity contribution in [3.8, 4) is 11.1 Å². The minimum Gasteiger partial charge on any atom is -0.456 e. The van der Waals surface area contributed by atoms with E-state index < -0.39 is 5.97 Å². The average molecular weight is 533 g/mol. The molecule has 8 heteroatoms. The van der Waals surface area contributed by atoms with Gasteiger partial charge in [0, 0.05) is 40.5 Å². The van der Waals surface area contributed by atoms with Crippen molar-refractivity contribution in [2.24, 2.45) is 0 Å². The number of rotatable bonds is 8. The molecule has 0 spiro atoms. The van der Waals surface area contributed by atoms with Crippen LogP contribution in [0.2, 0.25) is 10.0 Å². The predicted molar refractivity (Wildman–Crippen MR) is 142 cm³/mol. The molecule has 0 N–H and O–H groups in total. The molecule has 0 fully saturated rings. The third kappa shape index (κ3) is 5.03. The number of hydrogen-bond donors (Lipinski definition) is 0. The highest BCUT2D eigenvalue weighted by Crippen LogP contribution is 2.34. The summed E-state index contributed by atoms with van der Waals surface area (Å²) in [5.41, 5.74) is 3.29. The summed E-state index contributed by atoms with van der Waals surface area (Å²) in [5.74, 6) is -1.11. The van der Waals surface area contributed by atoms with Crippen molar-refractivity contribution in [2.75, 3.05) is 6.54 Å². The molecule has 0 aliphatic carbocycles. The van der Waals surface area contributed by atoms with Gasteiger partial charge in [0.2, 0.25) is 0 Å². The van der Waals surface area contributed by atoms with Crippen molar-refractivity contribution in [1.29, 1.82) is 0 Å². The third-order valence-electron chi connectivity index (χ3n) is 6.25. The number of amides is 2. The Morgan fingerprint density at radius 1 is 0.757 bits per heavy atom. The Kier molecular flexibility index (Phi) is 7.12. The number of carbonyl (C=O) groups is 3. The third-order valence-corrected chi connectivity index (χ3v) is 6.80. The van der Waals surface area contributed by atoms with Gasteiger partial charge in [-0.25, -0.2) is 4.79 Å². The molecule has 0 saturated carbocycles. The molecule has 1 aliphatic rings. The van der Waals surface area contributed by atoms with Gasteiger partial charge in [0.1, 0.15) is 12.3 Å². The van der Waals surface area contributed by atoms with Gasteiger partial charge in [-0.1, -0.05) is 71.7 Å². The van der Waals surface area contributed by atoms with Gasteiger partial charge in [-0.15, -0.1) is 0 Å². The zero-order chi connectivity index (χ0) is 25.9. The van der Waals surface area contributed by atoms with E-state index in [0.29, 0.717) is 51.0 Å². The Morgan fingerprint density at radius 2 is 1.43 bits per heavy atom. The predicted octanol–water partition coefficient (Wildman–Crippen LogP) is 6.51. The summed E-state index contributed by atoms with van der Waals surface area (Å²) in [4.78, 5) is 40.0. The second kappa shape index (κ2) is 10.6. The SMILES string of the molecule is O=C(OCc1ccccc1)c1c(-c2ccc(Cl)cc2Cl)ccn1CCCN1C(=O)c2ccccc2C1=O. The quantitative estimate of drug-likeness (QED) is 0.191. The molecule has 186 valence electrons. The van der Waals surface area contributed by atoms with Crippen molar-refractivity contribution in [2.45, 2.75) is 19.6 Å². The maximum absolute atomic E-state index is 13.3. The maximum atomic E-state index is 13.3. The molecule has 5 rings (SSSR count). The number of ether oxygens (including phenoxy) is 1. The zero-order valence-corrected chi connectivity index (χ0v) is 21.2. The van der Waals surface area contributed by atoms with Crippen molar-refractivity contribution in [3.63, 3.8) is 0 Å². The standard InChI is InChI=1S/C29H22Cl2N2O4/c30-20-11-12-21(25(31)17-20)22-13-16-32(26(22)29(36)37-18-19-7-2-1-3-8-19)14-6-15-33-27(34)23-9-4-5-10-24(23)28(33)35/h1-5,7-13,16-17H,6,14-15,18H2. The summed E-state index contributed by atoms with van der Waals surface area (Å²) >= 11 is 12.5. The van der Waals surface area contributed by atoms with E-state index in [4.69, 9.17) is 27.9 Å². The van der Waals surface area contributed by atoms with Gasteiger partial charge < -0.3 is 9.30 Å². The molecule has 0 bridgehead atoms. The molecule has 0 atom stereocenters. The van der Waals surface area contributed by atoms with Crippen LogP contribution in [-0.4, -0.2) is 33.8 Å². The van der Waals surface area contributed by atoms with Crippen LogP contribution in [0.1, 0.15) is 43.2 Å². The fraction of sp³-hybridized carbons (Fsp3) is 0.138. The fourth-order valence-electron chi connectivity index (χ4n) is 4.44. The minimum atomic E-state index is -0.504. The van der Waals surface area contributed by atoms with Gasteiger partial charge in [0.25, 0.3) is 11.8 Å². The van der Waals surface area contributed by atoms with Crippen molar-refractivity contribution in [1.82, 2.24) is 9.47 Å². The lowest BCUT2D eigenvalue weighted by Gasteiger charge is -2.16. The number of benzene rings is 3. The molecule has 0 saturated heterocycles. The van der Waals surface area contributed by atoms with Gasteiger partial charge in [-0.2, -0.15) is 0 Å². The Morgan fingerprint density at radius 3 is 2.11 bits per heavy atom. The molecule has 3 aromatic carbocycles. The summed E-state index contributed by atoms with van der Waals surface area (Å²) in [6, 6.07) is 23.1. The zero-order valence-electron chi connectivity index (χ0n) is 19.7. The average Bonchev–Trinajstić information content (AvgIpc) is 3.43. The van der Waals surface area contributed by atoms with E-state index in [1.807, 2.05) is 30.3 Å². The van der Waals surface area contributed by atoms with Gasteiger partial charge in [0.15, 0.2) is 0 Å². The topological polar surface area (TPSA) is 68.6 Å². The molecule has 37 heavy (non-hydrogen) atoms. The lowest BCUT2D eigenvalue weighted by Crippen LogP contribution is -2.31. The summed E-state index contributed by atoms with van der Waals surface area (Å²) in [6.45, 7) is 0.724. The van der Waals surface area contributed by atoms with Crippen LogP contribution in [0, 0.1) is 0 Å². The molecule has 1 aromatic heterocycles. The summed E-state index contributed by atoms with van der Waals surface area (Å²) < 4.78 is 7.42. The highest BCUT2D eigenvalue weighted by Gasteiger charge is 2.34. The number of hydrogen-bond acceptors (Lipinski definition) is 4. The normalized spacial score (nSPS) is 12.6. The van der Waals surface area contributed by atoms with Crippen LogP contribution in [0.4, 0.5) is 0 Å². The van der Waals surface area contributed by atoms with E-state index in [1.54, 1.807) is 59.3 Å². The number of nitrogens with zero attached hydrogens (tertiary/aromatic N) is 2. The van der Waals surface area contributed by atoms with E-state index in [9.17, 15) is 14.4 Å². The van der Waals surface area contributed by atoms with Crippen LogP contribution < -0.4 is 0 Å². The number of aryl methyl sites for hydroxylation is 1. The number of esters is 1. The van der Waals surface area contributed by atoms with Crippen molar-refractivity contribution >= 4 is 41.0 Å². The van der Waals surface area contributed by atoms with Gasteiger partial charge >= 0.3 is 5.97 Å². The molecule has 2 heterocycles. The van der Waals surface area contributed by atoms with Crippen molar-refractivity contribution < 1.29 is 19.1 Å². The van der Waals surface area contributed by atoms with E-state index in [-0.39, 0.29) is 25.0 Å². The van der Waals surface area contributed by atoms with E-state index in [1.165, 1.54) is 4.90 Å². The molecular formula is C29H22Cl2N2O4. The van der Waals surface area contributed by atoms with Crippen LogP contribution in [-0.2, 0) is 17.9 Å². The first kappa shape index (κ1) is 24.8. The Hall–Kier alpha value is -3.87. The molecule has 4 aromatic rings. The molecule has 0 unspecified atom stereocenters. The molecule has 0 radical (unpaired) electrons. The number of aromatic nitrogens is 1. The second-order valence-electron chi connectivity index (χ2n) is 8.62. The van der Waals surface area contributed by atoms with Crippen LogP contribution in [0.3, 0.4) is 0 Å². The van der Waals surface area contributed by atoms with Gasteiger partial charge in [-0.05, 0) is 42.3 Å². The number of fused-ring (bicyclic) bond motifs is 1. The monoisotopic (exact) mass is 532 g/mol. The first-order valence-electron chi connectivity index (χ1n) is 11.7. The van der Waals surface area contributed by atoms with Crippen LogP contribution in [0.15, 0.2) is 85.1 Å². The van der Waals surface area contributed by atoms with Crippen LogP contribution in [0.5, 0.6) is 0 Å². The first-order valence-corrected chi connectivity index (χ1v) is 12.5. The first-order chi connectivity index (χ1) is 17.9. The molecular weight excluding hydrogens is 511 g/mol. The fourth-order valence-corrected chi connectivity index (χ4v) is 4.95. The number of halogens is 2. The summed E-state index contributed by atoms with van der Waals surface area (Å²) in [5, 5.41) is 0.899. The number of imide groups is 1. The summed E-state index contributed by atoms with van der Waals surface area (Å²) in [6.07, 6.45) is 2.23. The Labute approximate surface area is 224 Å². The molecule has 6 nitrogen and oxygen atoms in total. The summed E-state index contributed by atoms with van der Waals surface area (Å²) in [7, 11) is 0. The Balaban J connectivity index is 1.37. The maximum Gasteiger partial charge on any atom is 0.355 e. The molecule has 1 aliphatic heterocycles. The lowest BCUT2D eigenvalue weighted by atomic mass is 10.1. The minimum absolute atomic E-state index is 0.119. The lowest BCUT2D eigenvalue weighted by molar-refractivity contribution is 0.0458. The Bertz CT molecular complexity index is 1460. The van der Waals surface area contributed by atoms with E-state index in [0.717, 1.165) is 5.56 Å². The highest BCUT2D eigenvalue weighted by atomic mass is 35.5. The molecule has 2 amide bonds. The number of carbonyl (C=O) groups excluding carboxylic acids is 3. The van der Waals surface area contributed by atoms with E-state index >= 15 is 0 Å². The van der Waals surface area contributed by atoms with Gasteiger partial charge in [-0.3, -0.25) is 14.5 Å². The van der Waals surface area contributed by atoms with Crippen LogP contribution in [0.25, 0.3) is 11.1 Å². The smallest absolute Gasteiger partial charge is 0.355 e. The highest BCUT2D eigenvalue weighted by molar-refractivity contribution is 6.36. The van der Waals surface area contributed by atoms with Gasteiger partial charge in [0.05, 0.1) is 11.1 Å². The van der Waals surface area contributed by atoms with Crippen LogP contribution >= 0.6 is 23.2 Å². The van der Waals surface area contributed by atoms with E-state index in [2.05, 4.69) is 0 Å².